The second-order valence-electron chi connectivity index (χ2n) is 6.46. The fraction of sp³-hybridized carbons (Fsp3) is 0.400. The molecule has 0 amide bonds. The number of ether oxygens (including phenoxy) is 3. The van der Waals surface area contributed by atoms with Crippen LogP contribution in [0.2, 0.25) is 0 Å². The second kappa shape index (κ2) is 7.60. The van der Waals surface area contributed by atoms with Crippen LogP contribution in [0.1, 0.15) is 28.8 Å². The Morgan fingerprint density at radius 1 is 1.00 bits per heavy atom. The minimum absolute atomic E-state index is 0.570. The van der Waals surface area contributed by atoms with Gasteiger partial charge in [0.2, 0.25) is 5.75 Å². The van der Waals surface area contributed by atoms with E-state index in [9.17, 15) is 0 Å². The van der Waals surface area contributed by atoms with E-state index in [2.05, 4.69) is 15.3 Å². The van der Waals surface area contributed by atoms with Crippen LogP contribution in [0.4, 0.5) is 5.82 Å². The number of rotatable bonds is 6. The molecule has 1 N–H and O–H groups in total. The molecule has 0 radical (unpaired) electrons. The fourth-order valence-electron chi connectivity index (χ4n) is 3.71. The van der Waals surface area contributed by atoms with Crippen LogP contribution in [-0.2, 0) is 19.4 Å². The molecule has 0 unspecified atom stereocenters. The highest BCUT2D eigenvalue weighted by Crippen LogP contribution is 2.41. The Hall–Kier alpha value is -2.54. The Morgan fingerprint density at radius 2 is 1.81 bits per heavy atom. The Bertz CT molecular complexity index is 971. The molecule has 0 bridgehead atoms. The summed E-state index contributed by atoms with van der Waals surface area (Å²) in [5, 5.41) is 4.66. The molecule has 1 aliphatic carbocycles. The zero-order valence-corrected chi connectivity index (χ0v) is 16.6. The number of anilines is 1. The van der Waals surface area contributed by atoms with Crippen molar-refractivity contribution >= 4 is 27.4 Å². The number of aryl methyl sites for hydroxylation is 2. The lowest BCUT2D eigenvalue weighted by atomic mass is 9.97. The second-order valence-corrected chi connectivity index (χ2v) is 7.54. The molecular formula is C20H23N3O3S. The van der Waals surface area contributed by atoms with E-state index in [1.807, 2.05) is 12.1 Å². The third-order valence-corrected chi connectivity index (χ3v) is 6.18. The van der Waals surface area contributed by atoms with E-state index in [0.717, 1.165) is 29.1 Å². The summed E-state index contributed by atoms with van der Waals surface area (Å²) in [5.74, 6) is 2.80. The zero-order valence-electron chi connectivity index (χ0n) is 15.8. The van der Waals surface area contributed by atoms with Gasteiger partial charge in [-0.1, -0.05) is 0 Å². The molecule has 3 aromatic rings. The minimum atomic E-state index is 0.570. The van der Waals surface area contributed by atoms with Crippen molar-refractivity contribution in [1.82, 2.24) is 9.97 Å². The Kier molecular flexibility index (Phi) is 5.03. The first-order valence-corrected chi connectivity index (χ1v) is 9.85. The molecule has 0 saturated heterocycles. The van der Waals surface area contributed by atoms with E-state index in [0.29, 0.717) is 23.8 Å². The number of fused-ring (bicyclic) bond motifs is 3. The quantitative estimate of drug-likeness (QED) is 0.686. The first kappa shape index (κ1) is 17.9. The smallest absolute Gasteiger partial charge is 0.203 e. The summed E-state index contributed by atoms with van der Waals surface area (Å²) in [5.41, 5.74) is 2.40. The van der Waals surface area contributed by atoms with E-state index in [1.165, 1.54) is 28.7 Å². The average molecular weight is 385 g/mol. The predicted molar refractivity (Wildman–Crippen MR) is 107 cm³/mol. The molecule has 0 fully saturated rings. The monoisotopic (exact) mass is 385 g/mol. The van der Waals surface area contributed by atoms with Crippen molar-refractivity contribution in [2.24, 2.45) is 0 Å². The maximum absolute atomic E-state index is 5.59. The van der Waals surface area contributed by atoms with Crippen molar-refractivity contribution in [3.8, 4) is 17.2 Å². The summed E-state index contributed by atoms with van der Waals surface area (Å²) in [6.07, 6.45) is 6.39. The maximum Gasteiger partial charge on any atom is 0.203 e. The molecule has 2 aromatic heterocycles. The van der Waals surface area contributed by atoms with Crippen LogP contribution in [0.25, 0.3) is 10.2 Å². The van der Waals surface area contributed by atoms with E-state index in [1.54, 1.807) is 39.0 Å². The van der Waals surface area contributed by atoms with Crippen LogP contribution >= 0.6 is 11.3 Å². The summed E-state index contributed by atoms with van der Waals surface area (Å²) < 4.78 is 16.4. The molecule has 0 aliphatic heterocycles. The molecule has 1 aliphatic rings. The maximum atomic E-state index is 5.59. The largest absolute Gasteiger partial charge is 0.493 e. The van der Waals surface area contributed by atoms with E-state index >= 15 is 0 Å². The van der Waals surface area contributed by atoms with Gasteiger partial charge in [0, 0.05) is 17.0 Å². The molecule has 0 spiro atoms. The number of methoxy groups -OCH3 is 3. The Balaban J connectivity index is 1.67. The molecule has 0 atom stereocenters. The summed E-state index contributed by atoms with van der Waals surface area (Å²) >= 11 is 1.80. The number of thiophene rings is 1. The van der Waals surface area contributed by atoms with Crippen LogP contribution < -0.4 is 19.5 Å². The first-order valence-electron chi connectivity index (χ1n) is 9.03. The number of aromatic nitrogens is 2. The lowest BCUT2D eigenvalue weighted by Gasteiger charge is -2.17. The summed E-state index contributed by atoms with van der Waals surface area (Å²) in [6, 6.07) is 3.87. The molecular weight excluding hydrogens is 362 g/mol. The molecule has 0 saturated carbocycles. The van der Waals surface area contributed by atoms with Gasteiger partial charge < -0.3 is 19.5 Å². The van der Waals surface area contributed by atoms with Crippen LogP contribution in [0.3, 0.4) is 0 Å². The Morgan fingerprint density at radius 3 is 2.59 bits per heavy atom. The van der Waals surface area contributed by atoms with Gasteiger partial charge in [-0.3, -0.25) is 0 Å². The lowest BCUT2D eigenvalue weighted by molar-refractivity contribution is 0.322. The fourth-order valence-corrected chi connectivity index (χ4v) is 4.93. The standard InChI is InChI=1S/C20H23N3O3S/c1-24-14-9-8-12(17(25-2)18(14)26-3)10-21-19-16-13-6-4-5-7-15(13)27-20(16)23-11-22-19/h8-9,11H,4-7,10H2,1-3H3,(H,21,22,23). The van der Waals surface area contributed by atoms with Gasteiger partial charge >= 0.3 is 0 Å². The van der Waals surface area contributed by atoms with Crippen molar-refractivity contribution in [2.45, 2.75) is 32.2 Å². The van der Waals surface area contributed by atoms with E-state index in [-0.39, 0.29) is 0 Å². The molecule has 7 heteroatoms. The first-order chi connectivity index (χ1) is 13.3. The highest BCUT2D eigenvalue weighted by Gasteiger charge is 2.20. The number of benzene rings is 1. The van der Waals surface area contributed by atoms with Crippen molar-refractivity contribution in [3.63, 3.8) is 0 Å². The molecule has 4 rings (SSSR count). The number of hydrogen-bond acceptors (Lipinski definition) is 7. The van der Waals surface area contributed by atoms with E-state index in [4.69, 9.17) is 14.2 Å². The van der Waals surface area contributed by atoms with Gasteiger partial charge in [-0.25, -0.2) is 9.97 Å². The van der Waals surface area contributed by atoms with Gasteiger partial charge in [0.1, 0.15) is 17.0 Å². The van der Waals surface area contributed by atoms with Crippen molar-refractivity contribution in [3.05, 3.63) is 34.5 Å². The van der Waals surface area contributed by atoms with Gasteiger partial charge in [0.05, 0.1) is 26.7 Å². The summed E-state index contributed by atoms with van der Waals surface area (Å²) in [6.45, 7) is 0.570. The van der Waals surface area contributed by atoms with Crippen LogP contribution in [-0.4, -0.2) is 31.3 Å². The third-order valence-electron chi connectivity index (χ3n) is 4.98. The minimum Gasteiger partial charge on any atom is -0.493 e. The molecule has 1 aromatic carbocycles. The van der Waals surface area contributed by atoms with Crippen molar-refractivity contribution in [2.75, 3.05) is 26.6 Å². The van der Waals surface area contributed by atoms with Crippen LogP contribution in [0.15, 0.2) is 18.5 Å². The van der Waals surface area contributed by atoms with Gasteiger partial charge in [0.25, 0.3) is 0 Å². The van der Waals surface area contributed by atoms with Gasteiger partial charge in [0.15, 0.2) is 11.5 Å². The molecule has 27 heavy (non-hydrogen) atoms. The van der Waals surface area contributed by atoms with E-state index < -0.39 is 0 Å². The van der Waals surface area contributed by atoms with Crippen molar-refractivity contribution in [1.29, 1.82) is 0 Å². The normalized spacial score (nSPS) is 13.3. The average Bonchev–Trinajstić information content (AvgIpc) is 3.10. The molecule has 142 valence electrons. The van der Waals surface area contributed by atoms with Gasteiger partial charge in [-0.2, -0.15) is 0 Å². The number of hydrogen-bond donors (Lipinski definition) is 1. The van der Waals surface area contributed by atoms with Gasteiger partial charge in [-0.15, -0.1) is 11.3 Å². The summed E-state index contributed by atoms with van der Waals surface area (Å²) in [7, 11) is 4.87. The molecule has 6 nitrogen and oxygen atoms in total. The number of nitrogens with one attached hydrogen (secondary N) is 1. The van der Waals surface area contributed by atoms with Crippen LogP contribution in [0.5, 0.6) is 17.2 Å². The lowest BCUT2D eigenvalue weighted by Crippen LogP contribution is -2.06. The van der Waals surface area contributed by atoms with Gasteiger partial charge in [-0.05, 0) is 43.4 Å². The number of nitrogens with zero attached hydrogens (tertiary/aromatic N) is 2. The SMILES string of the molecule is COc1ccc(CNc2ncnc3sc4c(c23)CCCC4)c(OC)c1OC. The van der Waals surface area contributed by atoms with Crippen LogP contribution in [0, 0.1) is 0 Å². The summed E-state index contributed by atoms with van der Waals surface area (Å²) in [4.78, 5) is 11.5. The highest BCUT2D eigenvalue weighted by molar-refractivity contribution is 7.19. The highest BCUT2D eigenvalue weighted by atomic mass is 32.1. The molecule has 2 heterocycles. The van der Waals surface area contributed by atoms with Crippen molar-refractivity contribution < 1.29 is 14.2 Å². The predicted octanol–water partition coefficient (Wildman–Crippen LogP) is 4.21. The third kappa shape index (κ3) is 3.16. The zero-order chi connectivity index (χ0) is 18.8. The Labute approximate surface area is 162 Å². The topological polar surface area (TPSA) is 65.5 Å².